The highest BCUT2D eigenvalue weighted by atomic mass is 35.5. The van der Waals surface area contributed by atoms with Gasteiger partial charge in [0.15, 0.2) is 5.16 Å². The van der Waals surface area contributed by atoms with Crippen molar-refractivity contribution in [1.82, 2.24) is 19.7 Å². The van der Waals surface area contributed by atoms with E-state index < -0.39 is 0 Å². The van der Waals surface area contributed by atoms with Crippen LogP contribution in [0.15, 0.2) is 56.8 Å². The topological polar surface area (TPSA) is 83.0 Å². The van der Waals surface area contributed by atoms with E-state index in [0.717, 1.165) is 0 Å². The summed E-state index contributed by atoms with van der Waals surface area (Å²) in [6, 6.07) is 12.4. The third kappa shape index (κ3) is 5.15. The first-order chi connectivity index (χ1) is 15.6. The fourth-order valence-electron chi connectivity index (χ4n) is 3.13. The quantitative estimate of drug-likeness (QED) is 0.174. The molecule has 0 atom stereocenters. The van der Waals surface area contributed by atoms with Crippen molar-refractivity contribution in [2.45, 2.75) is 30.8 Å². The molecular weight excluding hydrogens is 471 g/mol. The normalized spacial score (nSPS) is 11.3. The molecule has 2 heterocycles. The van der Waals surface area contributed by atoms with Gasteiger partial charge in [-0.2, -0.15) is 0 Å². The molecule has 4 aromatic rings. The lowest BCUT2D eigenvalue weighted by Crippen LogP contribution is -2.24. The molecule has 0 aliphatic carbocycles. The average Bonchev–Trinajstić information content (AvgIpc) is 3.25. The monoisotopic (exact) mass is 490 g/mol. The minimum atomic E-state index is -0.118. The molecule has 0 spiro atoms. The summed E-state index contributed by atoms with van der Waals surface area (Å²) in [4.78, 5) is 17.8. The molecule has 0 amide bonds. The van der Waals surface area contributed by atoms with Crippen LogP contribution in [0.2, 0.25) is 10.0 Å². The first kappa shape index (κ1) is 22.8. The molecule has 166 valence electrons. The smallest absolute Gasteiger partial charge is 0.262 e. The van der Waals surface area contributed by atoms with Crippen molar-refractivity contribution in [3.63, 3.8) is 0 Å². The number of halogens is 2. The molecular formula is C22H20Cl2N4O3S. The number of rotatable bonds is 9. The van der Waals surface area contributed by atoms with Gasteiger partial charge in [0.2, 0.25) is 11.8 Å². The van der Waals surface area contributed by atoms with Gasteiger partial charge in [0.05, 0.1) is 27.2 Å². The molecule has 0 saturated carbocycles. The van der Waals surface area contributed by atoms with Gasteiger partial charge in [-0.1, -0.05) is 47.1 Å². The Kier molecular flexibility index (Phi) is 7.47. The number of aromatic nitrogens is 4. The fraction of sp³-hybridized carbons (Fsp3) is 0.273. The molecule has 32 heavy (non-hydrogen) atoms. The lowest BCUT2D eigenvalue weighted by atomic mass is 10.2. The van der Waals surface area contributed by atoms with Crippen LogP contribution in [0.25, 0.3) is 22.4 Å². The summed E-state index contributed by atoms with van der Waals surface area (Å²) in [6.07, 6.45) is 0.694. The molecule has 0 radical (unpaired) electrons. The van der Waals surface area contributed by atoms with Crippen LogP contribution in [0.3, 0.4) is 0 Å². The number of nitrogens with zero attached hydrogens (tertiary/aromatic N) is 4. The molecule has 2 aromatic carbocycles. The summed E-state index contributed by atoms with van der Waals surface area (Å²) in [6.45, 7) is 3.63. The molecule has 4 rings (SSSR count). The second-order valence-electron chi connectivity index (χ2n) is 6.83. The van der Waals surface area contributed by atoms with E-state index in [2.05, 4.69) is 15.2 Å². The number of hydrogen-bond donors (Lipinski definition) is 0. The highest BCUT2D eigenvalue weighted by Gasteiger charge is 2.15. The molecule has 0 saturated heterocycles. The Morgan fingerprint density at radius 3 is 2.81 bits per heavy atom. The second-order valence-corrected chi connectivity index (χ2v) is 8.62. The first-order valence-corrected chi connectivity index (χ1v) is 11.8. The van der Waals surface area contributed by atoms with Crippen molar-refractivity contribution in [3.8, 4) is 11.5 Å². The van der Waals surface area contributed by atoms with E-state index in [1.165, 1.54) is 11.8 Å². The Hall–Kier alpha value is -2.39. The summed E-state index contributed by atoms with van der Waals surface area (Å²) in [7, 11) is 0. The Balaban J connectivity index is 1.60. The SMILES string of the molecule is CCOCCCn1c(SCc2nnc(-c3ccccc3Cl)o2)nc2cc(Cl)ccc2c1=O. The minimum Gasteiger partial charge on any atom is -0.420 e. The van der Waals surface area contributed by atoms with Crippen molar-refractivity contribution in [3.05, 3.63) is 68.8 Å². The fourth-order valence-corrected chi connectivity index (χ4v) is 4.38. The Bertz CT molecular complexity index is 1290. The van der Waals surface area contributed by atoms with E-state index in [1.807, 2.05) is 25.1 Å². The standard InChI is InChI=1S/C22H20Cl2N4O3S/c1-2-30-11-5-10-28-21(29)16-9-8-14(23)12-18(16)25-22(28)32-13-19-26-27-20(31-19)15-6-3-4-7-17(15)24/h3-4,6-9,12H,2,5,10-11,13H2,1H3. The third-order valence-electron chi connectivity index (χ3n) is 4.65. The van der Waals surface area contributed by atoms with E-state index >= 15 is 0 Å². The van der Waals surface area contributed by atoms with Crippen LogP contribution in [0.5, 0.6) is 0 Å². The van der Waals surface area contributed by atoms with Gasteiger partial charge >= 0.3 is 0 Å². The predicted octanol–water partition coefficient (Wildman–Crippen LogP) is 5.47. The van der Waals surface area contributed by atoms with Gasteiger partial charge in [0, 0.05) is 24.8 Å². The maximum absolute atomic E-state index is 13.1. The highest BCUT2D eigenvalue weighted by Crippen LogP contribution is 2.28. The van der Waals surface area contributed by atoms with Crippen molar-refractivity contribution >= 4 is 45.9 Å². The number of fused-ring (bicyclic) bond motifs is 1. The van der Waals surface area contributed by atoms with Crippen LogP contribution in [-0.4, -0.2) is 33.0 Å². The zero-order valence-electron chi connectivity index (χ0n) is 17.3. The van der Waals surface area contributed by atoms with E-state index in [4.69, 9.17) is 32.4 Å². The van der Waals surface area contributed by atoms with Gasteiger partial charge in [-0.15, -0.1) is 10.2 Å². The highest BCUT2D eigenvalue weighted by molar-refractivity contribution is 7.98. The van der Waals surface area contributed by atoms with Crippen LogP contribution in [0, 0.1) is 0 Å². The van der Waals surface area contributed by atoms with Gasteiger partial charge in [-0.3, -0.25) is 9.36 Å². The Morgan fingerprint density at radius 1 is 1.16 bits per heavy atom. The molecule has 0 unspecified atom stereocenters. The molecule has 0 aliphatic heterocycles. The zero-order valence-corrected chi connectivity index (χ0v) is 19.6. The van der Waals surface area contributed by atoms with Crippen LogP contribution in [0.1, 0.15) is 19.2 Å². The second kappa shape index (κ2) is 10.5. The van der Waals surface area contributed by atoms with Crippen molar-refractivity contribution in [2.75, 3.05) is 13.2 Å². The van der Waals surface area contributed by atoms with Gasteiger partial charge in [-0.25, -0.2) is 4.98 Å². The van der Waals surface area contributed by atoms with E-state index in [9.17, 15) is 4.79 Å². The third-order valence-corrected chi connectivity index (χ3v) is 6.18. The summed E-state index contributed by atoms with van der Waals surface area (Å²) in [5.41, 5.74) is 1.10. The Labute approximate surface area is 198 Å². The Morgan fingerprint density at radius 2 is 2.00 bits per heavy atom. The molecule has 0 fully saturated rings. The number of thioether (sulfide) groups is 1. The molecule has 0 N–H and O–H groups in total. The van der Waals surface area contributed by atoms with Crippen LogP contribution >= 0.6 is 35.0 Å². The van der Waals surface area contributed by atoms with Crippen LogP contribution < -0.4 is 5.56 Å². The lowest BCUT2D eigenvalue weighted by molar-refractivity contribution is 0.140. The van der Waals surface area contributed by atoms with Gasteiger partial charge in [0.25, 0.3) is 5.56 Å². The number of ether oxygens (including phenoxy) is 1. The molecule has 0 aliphatic rings. The summed E-state index contributed by atoms with van der Waals surface area (Å²) in [5, 5.41) is 10.3. The number of hydrogen-bond acceptors (Lipinski definition) is 7. The van der Waals surface area contributed by atoms with Gasteiger partial charge in [-0.05, 0) is 43.7 Å². The van der Waals surface area contributed by atoms with E-state index in [0.29, 0.717) is 75.4 Å². The lowest BCUT2D eigenvalue weighted by Gasteiger charge is -2.12. The van der Waals surface area contributed by atoms with Crippen molar-refractivity contribution in [1.29, 1.82) is 0 Å². The van der Waals surface area contributed by atoms with Crippen molar-refractivity contribution < 1.29 is 9.15 Å². The molecule has 10 heteroatoms. The van der Waals surface area contributed by atoms with E-state index in [-0.39, 0.29) is 5.56 Å². The zero-order chi connectivity index (χ0) is 22.5. The van der Waals surface area contributed by atoms with E-state index in [1.54, 1.807) is 28.8 Å². The predicted molar refractivity (Wildman–Crippen MR) is 126 cm³/mol. The largest absolute Gasteiger partial charge is 0.420 e. The van der Waals surface area contributed by atoms with Crippen molar-refractivity contribution in [2.24, 2.45) is 0 Å². The summed E-state index contributed by atoms with van der Waals surface area (Å²) in [5.74, 6) is 1.10. The van der Waals surface area contributed by atoms with Crippen LogP contribution in [-0.2, 0) is 17.0 Å². The minimum absolute atomic E-state index is 0.118. The maximum Gasteiger partial charge on any atom is 0.262 e. The average molecular weight is 491 g/mol. The molecule has 7 nitrogen and oxygen atoms in total. The molecule has 0 bridgehead atoms. The first-order valence-electron chi connectivity index (χ1n) is 10.0. The maximum atomic E-state index is 13.1. The van der Waals surface area contributed by atoms with Gasteiger partial charge < -0.3 is 9.15 Å². The molecule has 2 aromatic heterocycles. The number of benzene rings is 2. The van der Waals surface area contributed by atoms with Gasteiger partial charge in [0.1, 0.15) is 0 Å². The summed E-state index contributed by atoms with van der Waals surface area (Å²) < 4.78 is 12.9. The summed E-state index contributed by atoms with van der Waals surface area (Å²) >= 11 is 13.7. The van der Waals surface area contributed by atoms with Crippen LogP contribution in [0.4, 0.5) is 0 Å².